The van der Waals surface area contributed by atoms with E-state index in [-0.39, 0.29) is 16.9 Å². The molecule has 0 unspecified atom stereocenters. The third-order valence-corrected chi connectivity index (χ3v) is 7.48. The Bertz CT molecular complexity index is 1270. The van der Waals surface area contributed by atoms with Crippen molar-refractivity contribution in [3.05, 3.63) is 59.1 Å². The second-order valence-electron chi connectivity index (χ2n) is 9.22. The number of methoxy groups -OCH3 is 1. The predicted molar refractivity (Wildman–Crippen MR) is 124 cm³/mol. The molecule has 4 rings (SSSR count). The number of para-hydroxylation sites is 1. The van der Waals surface area contributed by atoms with Crippen LogP contribution in [-0.2, 0) is 19.6 Å². The third kappa shape index (κ3) is 5.26. The van der Waals surface area contributed by atoms with Gasteiger partial charge in [0.05, 0.1) is 34.9 Å². The lowest BCUT2D eigenvalue weighted by molar-refractivity contribution is -0.142. The van der Waals surface area contributed by atoms with Crippen molar-refractivity contribution in [3.63, 3.8) is 0 Å². The van der Waals surface area contributed by atoms with Crippen molar-refractivity contribution in [2.24, 2.45) is 4.99 Å². The number of hydrogen-bond acceptors (Lipinski definition) is 7. The van der Waals surface area contributed by atoms with Crippen molar-refractivity contribution in [1.82, 2.24) is 10.0 Å². The molecule has 1 saturated heterocycles. The first kappa shape index (κ1) is 23.4. The molecule has 0 aromatic heterocycles. The van der Waals surface area contributed by atoms with Crippen LogP contribution in [0.25, 0.3) is 5.57 Å². The summed E-state index contributed by atoms with van der Waals surface area (Å²) < 4.78 is 39.1. The quantitative estimate of drug-likeness (QED) is 0.554. The van der Waals surface area contributed by atoms with Crippen LogP contribution >= 0.6 is 0 Å². The number of benzene rings is 2. The molecule has 0 radical (unpaired) electrons. The molecule has 176 valence electrons. The predicted octanol–water partition coefficient (Wildman–Crippen LogP) is 0.902. The largest absolute Gasteiger partial charge is 0.489 e. The van der Waals surface area contributed by atoms with E-state index < -0.39 is 21.5 Å². The van der Waals surface area contributed by atoms with Gasteiger partial charge in [-0.1, -0.05) is 18.2 Å². The Labute approximate surface area is 193 Å². The molecule has 1 fully saturated rings. The van der Waals surface area contributed by atoms with Gasteiger partial charge in [0.25, 0.3) is 0 Å². The normalized spacial score (nSPS) is 18.5. The first-order valence-corrected chi connectivity index (χ1v) is 12.3. The molecule has 2 aliphatic heterocycles. The van der Waals surface area contributed by atoms with E-state index in [9.17, 15) is 13.2 Å². The molecule has 2 aliphatic rings. The van der Waals surface area contributed by atoms with Gasteiger partial charge in [-0.2, -0.15) is 0 Å². The monoisotopic (exact) mass is 471 g/mol. The summed E-state index contributed by atoms with van der Waals surface area (Å²) in [4.78, 5) is 16.6. The van der Waals surface area contributed by atoms with E-state index in [4.69, 9.17) is 14.5 Å². The van der Waals surface area contributed by atoms with Gasteiger partial charge in [-0.15, -0.1) is 0 Å². The lowest BCUT2D eigenvalue weighted by Crippen LogP contribution is -2.69. The molecule has 9 heteroatoms. The molecular weight excluding hydrogens is 442 g/mol. The van der Waals surface area contributed by atoms with Crippen molar-refractivity contribution in [3.8, 4) is 5.75 Å². The highest BCUT2D eigenvalue weighted by atomic mass is 32.2. The lowest BCUT2D eigenvalue weighted by atomic mass is 9.90. The Morgan fingerprint density at radius 3 is 2.45 bits per heavy atom. The molecular formula is C24H29N3O5S. The van der Waals surface area contributed by atoms with Gasteiger partial charge in [0, 0.05) is 18.3 Å². The molecule has 2 heterocycles. The first-order valence-electron chi connectivity index (χ1n) is 10.8. The standard InChI is InChI=1S/C24H29N3O5S/c1-23(2)12-17(20-6-4-5-7-21(20)26-23)14-32-18-8-10-19(11-9-18)33(29,30)27-24(15-25-16-24)13-22(28)31-3/h4-11,25,27H,12-16H2,1-3H3. The van der Waals surface area contributed by atoms with Gasteiger partial charge in [0.1, 0.15) is 12.4 Å². The number of sulfonamides is 1. The van der Waals surface area contributed by atoms with Crippen LogP contribution in [0.1, 0.15) is 26.7 Å². The topological polar surface area (TPSA) is 106 Å². The molecule has 2 aromatic carbocycles. The van der Waals surface area contributed by atoms with E-state index in [1.807, 2.05) is 24.3 Å². The van der Waals surface area contributed by atoms with Crippen LogP contribution in [0, 0.1) is 0 Å². The summed E-state index contributed by atoms with van der Waals surface area (Å²) in [7, 11) is -2.52. The van der Waals surface area contributed by atoms with Gasteiger partial charge < -0.3 is 14.8 Å². The van der Waals surface area contributed by atoms with Crippen LogP contribution < -0.4 is 25.4 Å². The Hall–Kier alpha value is -2.75. The number of hydrogen-bond donors (Lipinski definition) is 2. The molecule has 0 aliphatic carbocycles. The molecule has 8 nitrogen and oxygen atoms in total. The number of carbonyl (C=O) groups excluding carboxylic acids is 1. The Morgan fingerprint density at radius 2 is 1.82 bits per heavy atom. The number of carbonyl (C=O) groups is 1. The summed E-state index contributed by atoms with van der Waals surface area (Å²) in [6.45, 7) is 5.32. The maximum atomic E-state index is 12.9. The van der Waals surface area contributed by atoms with Crippen LogP contribution in [0.3, 0.4) is 0 Å². The molecule has 2 aromatic rings. The van der Waals surface area contributed by atoms with Crippen molar-refractivity contribution >= 4 is 21.6 Å². The minimum absolute atomic E-state index is 0.0281. The van der Waals surface area contributed by atoms with Crippen LogP contribution in [0.5, 0.6) is 5.75 Å². The van der Waals surface area contributed by atoms with E-state index in [0.717, 1.165) is 22.6 Å². The fourth-order valence-electron chi connectivity index (χ4n) is 4.22. The molecule has 0 amide bonds. The van der Waals surface area contributed by atoms with Gasteiger partial charge in [0.15, 0.2) is 0 Å². The van der Waals surface area contributed by atoms with Gasteiger partial charge in [0.2, 0.25) is 10.0 Å². The Morgan fingerprint density at radius 1 is 1.12 bits per heavy atom. The second kappa shape index (κ2) is 8.89. The first-order chi connectivity index (χ1) is 15.6. The molecule has 0 atom stereocenters. The number of rotatable bonds is 8. The maximum absolute atomic E-state index is 12.9. The summed E-state index contributed by atoms with van der Waals surface area (Å²) in [5, 5.41) is 5.06. The van der Waals surface area contributed by atoms with E-state index in [2.05, 4.69) is 23.9 Å². The fraction of sp³-hybridized carbons (Fsp3) is 0.417. The van der Waals surface area contributed by atoms with Gasteiger partial charge in [-0.05, 0) is 56.2 Å². The molecule has 33 heavy (non-hydrogen) atoms. The highest BCUT2D eigenvalue weighted by Gasteiger charge is 2.43. The van der Waals surface area contributed by atoms with E-state index >= 15 is 0 Å². The zero-order valence-electron chi connectivity index (χ0n) is 19.1. The van der Waals surface area contributed by atoms with Crippen LogP contribution in [0.2, 0.25) is 0 Å². The Kier molecular flexibility index (Phi) is 6.30. The molecule has 0 bridgehead atoms. The Balaban J connectivity index is 1.47. The average Bonchev–Trinajstić information content (AvgIpc) is 2.75. The smallest absolute Gasteiger partial charge is 0.307 e. The van der Waals surface area contributed by atoms with Gasteiger partial charge >= 0.3 is 5.97 Å². The number of fused-ring (bicyclic) bond motifs is 1. The number of ether oxygens (including phenoxy) is 2. The maximum Gasteiger partial charge on any atom is 0.307 e. The summed E-state index contributed by atoms with van der Waals surface area (Å²) in [6.07, 6.45) is 0.760. The lowest BCUT2D eigenvalue weighted by Gasteiger charge is -2.41. The molecule has 0 saturated carbocycles. The van der Waals surface area contributed by atoms with E-state index in [1.54, 1.807) is 12.1 Å². The summed E-state index contributed by atoms with van der Waals surface area (Å²) in [5.41, 5.74) is 0.0863. The number of esters is 1. The summed E-state index contributed by atoms with van der Waals surface area (Å²) in [6, 6.07) is 14.3. The summed E-state index contributed by atoms with van der Waals surface area (Å²) >= 11 is 0. The number of nitrogens with zero attached hydrogens (tertiary/aromatic N) is 1. The second-order valence-corrected chi connectivity index (χ2v) is 10.9. The minimum atomic E-state index is -3.81. The van der Waals surface area contributed by atoms with Gasteiger partial charge in [-0.25, -0.2) is 13.1 Å². The van der Waals surface area contributed by atoms with E-state index in [1.165, 1.54) is 19.2 Å². The third-order valence-electron chi connectivity index (χ3n) is 5.89. The zero-order valence-corrected chi connectivity index (χ0v) is 19.9. The minimum Gasteiger partial charge on any atom is -0.489 e. The zero-order chi connectivity index (χ0) is 23.7. The van der Waals surface area contributed by atoms with Crippen molar-refractivity contribution in [2.45, 2.75) is 42.7 Å². The van der Waals surface area contributed by atoms with Crippen molar-refractivity contribution < 1.29 is 22.7 Å². The highest BCUT2D eigenvalue weighted by Crippen LogP contribution is 2.25. The summed E-state index contributed by atoms with van der Waals surface area (Å²) in [5.74, 6) is 0.120. The van der Waals surface area contributed by atoms with Gasteiger partial charge in [-0.3, -0.25) is 9.79 Å². The molecule has 2 N–H and O–H groups in total. The fourth-order valence-corrected chi connectivity index (χ4v) is 5.62. The average molecular weight is 472 g/mol. The molecule has 0 spiro atoms. The van der Waals surface area contributed by atoms with E-state index in [0.29, 0.717) is 25.4 Å². The van der Waals surface area contributed by atoms with Crippen LogP contribution in [0.15, 0.2) is 58.4 Å². The highest BCUT2D eigenvalue weighted by molar-refractivity contribution is 7.89. The SMILES string of the molecule is COC(=O)CC1(NS(=O)(=O)c2ccc(OCC3=c4ccccc4=NC(C)(C)C3)cc2)CNC1. The van der Waals surface area contributed by atoms with Crippen molar-refractivity contribution in [1.29, 1.82) is 0 Å². The van der Waals surface area contributed by atoms with Crippen molar-refractivity contribution in [2.75, 3.05) is 26.8 Å². The number of nitrogens with one attached hydrogen (secondary N) is 2. The van der Waals surface area contributed by atoms with Crippen LogP contribution in [0.4, 0.5) is 0 Å². The van der Waals surface area contributed by atoms with Crippen LogP contribution in [-0.4, -0.2) is 52.3 Å².